The second kappa shape index (κ2) is 9.37. The van der Waals surface area contributed by atoms with Crippen LogP contribution in [0.1, 0.15) is 30.5 Å². The molecule has 1 amide bonds. The van der Waals surface area contributed by atoms with Gasteiger partial charge in [-0.3, -0.25) is 4.79 Å². The van der Waals surface area contributed by atoms with E-state index in [9.17, 15) is 4.79 Å². The standard InChI is InChI=1S/C22H23NO/c1-3-18-23(19(2)24)22(21-15-8-5-9-16-21)17-11-10-14-20-12-6-4-7-13-20/h3-9,12-13,15-16,22H,1,10,14,18H2,2H3. The molecule has 0 N–H and O–H groups in total. The lowest BCUT2D eigenvalue weighted by Crippen LogP contribution is -2.32. The molecule has 1 atom stereocenters. The quantitative estimate of drug-likeness (QED) is 0.571. The van der Waals surface area contributed by atoms with Crippen LogP contribution in [0.3, 0.4) is 0 Å². The van der Waals surface area contributed by atoms with E-state index in [0.29, 0.717) is 6.54 Å². The summed E-state index contributed by atoms with van der Waals surface area (Å²) in [4.78, 5) is 13.8. The van der Waals surface area contributed by atoms with Crippen LogP contribution in [0.15, 0.2) is 73.3 Å². The number of nitrogens with zero attached hydrogens (tertiary/aromatic N) is 1. The molecular weight excluding hydrogens is 294 g/mol. The molecule has 0 aliphatic rings. The van der Waals surface area contributed by atoms with E-state index < -0.39 is 0 Å². The van der Waals surface area contributed by atoms with Gasteiger partial charge in [0.15, 0.2) is 0 Å². The topological polar surface area (TPSA) is 20.3 Å². The maximum atomic E-state index is 12.0. The second-order valence-electron chi connectivity index (χ2n) is 5.58. The van der Waals surface area contributed by atoms with Crippen molar-refractivity contribution in [1.29, 1.82) is 0 Å². The lowest BCUT2D eigenvalue weighted by Gasteiger charge is -2.26. The van der Waals surface area contributed by atoms with E-state index in [1.165, 1.54) is 5.56 Å². The Bertz CT molecular complexity index is 710. The molecule has 0 aliphatic heterocycles. The smallest absolute Gasteiger partial charge is 0.220 e. The molecule has 0 heterocycles. The van der Waals surface area contributed by atoms with Crippen molar-refractivity contribution in [3.63, 3.8) is 0 Å². The van der Waals surface area contributed by atoms with Crippen LogP contribution in [0.5, 0.6) is 0 Å². The highest BCUT2D eigenvalue weighted by Gasteiger charge is 2.19. The van der Waals surface area contributed by atoms with Crippen molar-refractivity contribution in [2.24, 2.45) is 0 Å². The van der Waals surface area contributed by atoms with Gasteiger partial charge < -0.3 is 4.90 Å². The van der Waals surface area contributed by atoms with Crippen LogP contribution in [0.2, 0.25) is 0 Å². The summed E-state index contributed by atoms with van der Waals surface area (Å²) in [6.45, 7) is 5.82. The summed E-state index contributed by atoms with van der Waals surface area (Å²) in [5.41, 5.74) is 2.30. The predicted molar refractivity (Wildman–Crippen MR) is 99.3 cm³/mol. The van der Waals surface area contributed by atoms with Crippen LogP contribution in [0.25, 0.3) is 0 Å². The first-order valence-electron chi connectivity index (χ1n) is 8.17. The van der Waals surface area contributed by atoms with Crippen molar-refractivity contribution < 1.29 is 4.79 Å². The zero-order valence-electron chi connectivity index (χ0n) is 14.1. The molecule has 0 radical (unpaired) electrons. The molecule has 2 aromatic rings. The van der Waals surface area contributed by atoms with Crippen LogP contribution in [0.4, 0.5) is 0 Å². The van der Waals surface area contributed by atoms with E-state index in [0.717, 1.165) is 18.4 Å². The average Bonchev–Trinajstić information content (AvgIpc) is 2.62. The predicted octanol–water partition coefficient (Wildman–Crippen LogP) is 4.40. The van der Waals surface area contributed by atoms with E-state index in [4.69, 9.17) is 0 Å². The Balaban J connectivity index is 2.16. The van der Waals surface area contributed by atoms with E-state index in [-0.39, 0.29) is 11.9 Å². The third kappa shape index (κ3) is 5.14. The SMILES string of the molecule is C=CCN(C(C)=O)C(C#CCCc1ccccc1)c1ccccc1. The Hall–Kier alpha value is -2.79. The van der Waals surface area contributed by atoms with Gasteiger partial charge in [-0.1, -0.05) is 72.7 Å². The van der Waals surface area contributed by atoms with E-state index in [1.54, 1.807) is 17.9 Å². The van der Waals surface area contributed by atoms with Gasteiger partial charge in [-0.2, -0.15) is 0 Å². The van der Waals surface area contributed by atoms with Crippen LogP contribution in [-0.2, 0) is 11.2 Å². The van der Waals surface area contributed by atoms with Gasteiger partial charge in [-0.25, -0.2) is 0 Å². The number of carbonyl (C=O) groups excluding carboxylic acids is 1. The summed E-state index contributed by atoms with van der Waals surface area (Å²) < 4.78 is 0. The van der Waals surface area contributed by atoms with E-state index >= 15 is 0 Å². The van der Waals surface area contributed by atoms with E-state index in [2.05, 4.69) is 30.6 Å². The Labute approximate surface area is 144 Å². The van der Waals surface area contributed by atoms with Crippen molar-refractivity contribution in [1.82, 2.24) is 4.90 Å². The van der Waals surface area contributed by atoms with E-state index in [1.807, 2.05) is 48.5 Å². The van der Waals surface area contributed by atoms with Crippen LogP contribution >= 0.6 is 0 Å². The minimum absolute atomic E-state index is 0.00103. The lowest BCUT2D eigenvalue weighted by molar-refractivity contribution is -0.129. The number of hydrogen-bond donors (Lipinski definition) is 0. The Kier molecular flexibility index (Phi) is 6.86. The summed E-state index contributed by atoms with van der Waals surface area (Å²) in [5, 5.41) is 0. The highest BCUT2D eigenvalue weighted by atomic mass is 16.2. The average molecular weight is 317 g/mol. The van der Waals surface area contributed by atoms with Crippen molar-refractivity contribution in [2.75, 3.05) is 6.54 Å². The number of hydrogen-bond acceptors (Lipinski definition) is 1. The minimum atomic E-state index is -0.238. The normalized spacial score (nSPS) is 11.0. The summed E-state index contributed by atoms with van der Waals surface area (Å²) in [6, 6.07) is 20.0. The summed E-state index contributed by atoms with van der Waals surface area (Å²) in [6.07, 6.45) is 3.42. The molecule has 1 unspecified atom stereocenters. The molecule has 0 saturated carbocycles. The molecule has 0 aromatic heterocycles. The zero-order valence-corrected chi connectivity index (χ0v) is 14.1. The highest BCUT2D eigenvalue weighted by molar-refractivity contribution is 5.74. The molecule has 0 saturated heterocycles. The number of rotatable bonds is 6. The molecule has 2 nitrogen and oxygen atoms in total. The number of benzene rings is 2. The summed E-state index contributed by atoms with van der Waals surface area (Å²) in [7, 11) is 0. The molecule has 0 fully saturated rings. The van der Waals surface area contributed by atoms with Gasteiger partial charge in [-0.15, -0.1) is 12.5 Å². The van der Waals surface area contributed by atoms with Crippen molar-refractivity contribution in [3.8, 4) is 11.8 Å². The largest absolute Gasteiger partial charge is 0.321 e. The van der Waals surface area contributed by atoms with Gasteiger partial charge >= 0.3 is 0 Å². The third-order valence-electron chi connectivity index (χ3n) is 3.78. The molecule has 122 valence electrons. The Morgan fingerprint density at radius 2 is 1.75 bits per heavy atom. The first-order valence-corrected chi connectivity index (χ1v) is 8.17. The van der Waals surface area contributed by atoms with Gasteiger partial charge in [0.1, 0.15) is 6.04 Å². The fourth-order valence-corrected chi connectivity index (χ4v) is 2.55. The second-order valence-corrected chi connectivity index (χ2v) is 5.58. The van der Waals surface area contributed by atoms with Crippen molar-refractivity contribution in [3.05, 3.63) is 84.4 Å². The molecule has 2 heteroatoms. The molecule has 0 spiro atoms. The third-order valence-corrected chi connectivity index (χ3v) is 3.78. The summed E-state index contributed by atoms with van der Waals surface area (Å²) in [5.74, 6) is 6.53. The fourth-order valence-electron chi connectivity index (χ4n) is 2.55. The van der Waals surface area contributed by atoms with Gasteiger partial charge in [0.2, 0.25) is 5.91 Å². The van der Waals surface area contributed by atoms with Crippen molar-refractivity contribution >= 4 is 5.91 Å². The Morgan fingerprint density at radius 3 is 2.33 bits per heavy atom. The van der Waals surface area contributed by atoms with Crippen LogP contribution < -0.4 is 0 Å². The first-order chi connectivity index (χ1) is 11.7. The van der Waals surface area contributed by atoms with Gasteiger partial charge in [-0.05, 0) is 17.5 Å². The number of carbonyl (C=O) groups is 1. The molecule has 24 heavy (non-hydrogen) atoms. The maximum Gasteiger partial charge on any atom is 0.220 e. The number of aryl methyl sites for hydroxylation is 1. The molecular formula is C22H23NO. The molecule has 2 rings (SSSR count). The zero-order chi connectivity index (χ0) is 17.2. The molecule has 2 aromatic carbocycles. The van der Waals surface area contributed by atoms with Gasteiger partial charge in [0.25, 0.3) is 0 Å². The maximum absolute atomic E-state index is 12.0. The highest BCUT2D eigenvalue weighted by Crippen LogP contribution is 2.20. The molecule has 0 aliphatic carbocycles. The first kappa shape index (κ1) is 17.6. The number of amides is 1. The monoisotopic (exact) mass is 317 g/mol. The Morgan fingerprint density at radius 1 is 1.12 bits per heavy atom. The summed E-state index contributed by atoms with van der Waals surface area (Å²) >= 11 is 0. The fraction of sp³-hybridized carbons (Fsp3) is 0.227. The minimum Gasteiger partial charge on any atom is -0.321 e. The molecule has 0 bridgehead atoms. The van der Waals surface area contributed by atoms with Gasteiger partial charge in [0, 0.05) is 19.9 Å². The lowest BCUT2D eigenvalue weighted by atomic mass is 10.0. The van der Waals surface area contributed by atoms with Crippen LogP contribution in [0, 0.1) is 11.8 Å². The van der Waals surface area contributed by atoms with Gasteiger partial charge in [0.05, 0.1) is 0 Å². The van der Waals surface area contributed by atoms with Crippen molar-refractivity contribution in [2.45, 2.75) is 25.8 Å². The van der Waals surface area contributed by atoms with Crippen LogP contribution in [-0.4, -0.2) is 17.4 Å².